The summed E-state index contributed by atoms with van der Waals surface area (Å²) in [5.74, 6) is 0. The van der Waals surface area contributed by atoms with E-state index in [0.29, 0.717) is 0 Å². The Balaban J connectivity index is 1.62. The number of rotatable bonds is 9. The van der Waals surface area contributed by atoms with E-state index in [2.05, 4.69) is 89.4 Å². The first kappa shape index (κ1) is 18.1. The molecule has 0 spiro atoms. The van der Waals surface area contributed by atoms with Crippen LogP contribution < -0.4 is 0 Å². The molecule has 0 fully saturated rings. The average Bonchev–Trinajstić information content (AvgIpc) is 2.72. The van der Waals surface area contributed by atoms with Gasteiger partial charge >= 0.3 is 0 Å². The second kappa shape index (κ2) is 9.69. The SMILES string of the molecule is C=Nc1ccc(CCN(CCc2ccccc2)Cc2ccccc2)cc1. The van der Waals surface area contributed by atoms with Crippen LogP contribution in [-0.2, 0) is 19.4 Å². The van der Waals surface area contributed by atoms with E-state index >= 15 is 0 Å². The van der Waals surface area contributed by atoms with Gasteiger partial charge in [0.2, 0.25) is 0 Å². The van der Waals surface area contributed by atoms with Gasteiger partial charge in [-0.2, -0.15) is 0 Å². The van der Waals surface area contributed by atoms with E-state index in [1.165, 1.54) is 16.7 Å². The molecule has 0 aromatic heterocycles. The Labute approximate surface area is 156 Å². The molecule has 0 N–H and O–H groups in total. The van der Waals surface area contributed by atoms with Gasteiger partial charge in [-0.1, -0.05) is 72.8 Å². The molecule has 26 heavy (non-hydrogen) atoms. The molecule has 0 unspecified atom stereocenters. The van der Waals surface area contributed by atoms with Gasteiger partial charge < -0.3 is 0 Å². The van der Waals surface area contributed by atoms with Crippen molar-refractivity contribution < 1.29 is 0 Å². The van der Waals surface area contributed by atoms with E-state index in [1.807, 2.05) is 12.1 Å². The van der Waals surface area contributed by atoms with Crippen LogP contribution in [0.3, 0.4) is 0 Å². The fourth-order valence-corrected chi connectivity index (χ4v) is 3.10. The third-order valence-electron chi connectivity index (χ3n) is 4.64. The standard InChI is InChI=1S/C24H26N2/c1-25-24-14-12-22(13-15-24)17-19-26(20-23-10-6-3-7-11-23)18-16-21-8-4-2-5-9-21/h2-15H,1,16-20H2. The Bertz CT molecular complexity index is 779. The molecule has 0 amide bonds. The van der Waals surface area contributed by atoms with E-state index < -0.39 is 0 Å². The molecule has 0 bridgehead atoms. The molecule has 0 saturated heterocycles. The van der Waals surface area contributed by atoms with E-state index in [0.717, 1.165) is 38.2 Å². The number of hydrogen-bond acceptors (Lipinski definition) is 2. The van der Waals surface area contributed by atoms with Gasteiger partial charge in [-0.15, -0.1) is 0 Å². The van der Waals surface area contributed by atoms with Crippen LogP contribution in [0.25, 0.3) is 0 Å². The Morgan fingerprint density at radius 1 is 0.615 bits per heavy atom. The monoisotopic (exact) mass is 342 g/mol. The van der Waals surface area contributed by atoms with E-state index in [9.17, 15) is 0 Å². The lowest BCUT2D eigenvalue weighted by atomic mass is 10.1. The quantitative estimate of drug-likeness (QED) is 0.481. The first-order valence-electron chi connectivity index (χ1n) is 9.19. The number of hydrogen-bond donors (Lipinski definition) is 0. The maximum absolute atomic E-state index is 3.97. The fraction of sp³-hybridized carbons (Fsp3) is 0.208. The van der Waals surface area contributed by atoms with Crippen LogP contribution in [-0.4, -0.2) is 24.7 Å². The smallest absolute Gasteiger partial charge is 0.0622 e. The second-order valence-electron chi connectivity index (χ2n) is 6.57. The lowest BCUT2D eigenvalue weighted by Gasteiger charge is -2.22. The predicted molar refractivity (Wildman–Crippen MR) is 111 cm³/mol. The van der Waals surface area contributed by atoms with Crippen LogP contribution in [0.2, 0.25) is 0 Å². The Kier molecular flexibility index (Phi) is 6.74. The molecule has 3 aromatic rings. The number of nitrogens with zero attached hydrogens (tertiary/aromatic N) is 2. The molecule has 0 radical (unpaired) electrons. The van der Waals surface area contributed by atoms with Crippen LogP contribution in [0.5, 0.6) is 0 Å². The minimum Gasteiger partial charge on any atom is -0.298 e. The lowest BCUT2D eigenvalue weighted by molar-refractivity contribution is 0.272. The summed E-state index contributed by atoms with van der Waals surface area (Å²) < 4.78 is 0. The minimum absolute atomic E-state index is 0.930. The zero-order chi connectivity index (χ0) is 18.0. The number of aliphatic imine (C=N–C) groups is 1. The molecule has 0 saturated carbocycles. The highest BCUT2D eigenvalue weighted by Crippen LogP contribution is 2.14. The van der Waals surface area contributed by atoms with Gasteiger partial charge in [-0.3, -0.25) is 9.89 Å². The molecule has 0 atom stereocenters. The van der Waals surface area contributed by atoms with Crippen molar-refractivity contribution in [3.05, 3.63) is 102 Å². The Morgan fingerprint density at radius 3 is 1.65 bits per heavy atom. The van der Waals surface area contributed by atoms with Crippen molar-refractivity contribution >= 4 is 12.4 Å². The summed E-state index contributed by atoms with van der Waals surface area (Å²) in [7, 11) is 0. The molecule has 2 heteroatoms. The van der Waals surface area contributed by atoms with Crippen LogP contribution in [0.15, 0.2) is 89.9 Å². The molecule has 3 rings (SSSR count). The summed E-state index contributed by atoms with van der Waals surface area (Å²) in [5.41, 5.74) is 5.04. The fourth-order valence-electron chi connectivity index (χ4n) is 3.10. The van der Waals surface area contributed by atoms with Gasteiger partial charge in [-0.05, 0) is 48.4 Å². The summed E-state index contributed by atoms with van der Waals surface area (Å²) in [5, 5.41) is 0. The summed E-state index contributed by atoms with van der Waals surface area (Å²) in [6.45, 7) is 6.67. The van der Waals surface area contributed by atoms with Gasteiger partial charge in [0.25, 0.3) is 0 Å². The first-order valence-corrected chi connectivity index (χ1v) is 9.19. The molecular formula is C24H26N2. The van der Waals surface area contributed by atoms with Gasteiger partial charge in [0.05, 0.1) is 5.69 Å². The normalized spacial score (nSPS) is 10.8. The molecule has 3 aromatic carbocycles. The van der Waals surface area contributed by atoms with Crippen molar-refractivity contribution in [1.82, 2.24) is 4.90 Å². The average molecular weight is 342 g/mol. The van der Waals surface area contributed by atoms with Crippen molar-refractivity contribution in [3.63, 3.8) is 0 Å². The highest BCUT2D eigenvalue weighted by atomic mass is 15.1. The highest BCUT2D eigenvalue weighted by molar-refractivity contribution is 5.46. The van der Waals surface area contributed by atoms with Crippen LogP contribution in [0.1, 0.15) is 16.7 Å². The summed E-state index contributed by atoms with van der Waals surface area (Å²) >= 11 is 0. The van der Waals surface area contributed by atoms with Gasteiger partial charge in [0.1, 0.15) is 0 Å². The topological polar surface area (TPSA) is 15.6 Å². The largest absolute Gasteiger partial charge is 0.298 e. The predicted octanol–water partition coefficient (Wildman–Crippen LogP) is 5.31. The molecule has 132 valence electrons. The van der Waals surface area contributed by atoms with Gasteiger partial charge in [0, 0.05) is 19.6 Å². The van der Waals surface area contributed by atoms with Crippen molar-refractivity contribution in [2.45, 2.75) is 19.4 Å². The van der Waals surface area contributed by atoms with E-state index in [1.54, 1.807) is 0 Å². The summed E-state index contributed by atoms with van der Waals surface area (Å²) in [6.07, 6.45) is 2.12. The highest BCUT2D eigenvalue weighted by Gasteiger charge is 2.07. The number of benzene rings is 3. The van der Waals surface area contributed by atoms with Crippen molar-refractivity contribution in [3.8, 4) is 0 Å². The van der Waals surface area contributed by atoms with E-state index in [4.69, 9.17) is 0 Å². The summed E-state index contributed by atoms with van der Waals surface area (Å²) in [6, 6.07) is 29.8. The van der Waals surface area contributed by atoms with Crippen LogP contribution >= 0.6 is 0 Å². The zero-order valence-electron chi connectivity index (χ0n) is 15.2. The van der Waals surface area contributed by atoms with Crippen molar-refractivity contribution in [2.75, 3.05) is 13.1 Å². The first-order chi connectivity index (χ1) is 12.8. The van der Waals surface area contributed by atoms with Gasteiger partial charge in [0.15, 0.2) is 0 Å². The molecule has 0 heterocycles. The minimum atomic E-state index is 0.930. The maximum Gasteiger partial charge on any atom is 0.0622 e. The second-order valence-corrected chi connectivity index (χ2v) is 6.57. The Hall–Kier alpha value is -2.71. The lowest BCUT2D eigenvalue weighted by Crippen LogP contribution is -2.28. The molecule has 0 aliphatic heterocycles. The zero-order valence-corrected chi connectivity index (χ0v) is 15.2. The van der Waals surface area contributed by atoms with Crippen molar-refractivity contribution in [1.29, 1.82) is 0 Å². The van der Waals surface area contributed by atoms with Crippen LogP contribution in [0, 0.1) is 0 Å². The van der Waals surface area contributed by atoms with Crippen molar-refractivity contribution in [2.24, 2.45) is 4.99 Å². The molecule has 2 nitrogen and oxygen atoms in total. The maximum atomic E-state index is 3.97. The third-order valence-corrected chi connectivity index (χ3v) is 4.64. The molecule has 0 aliphatic carbocycles. The van der Waals surface area contributed by atoms with Crippen LogP contribution in [0.4, 0.5) is 5.69 Å². The third kappa shape index (κ3) is 5.68. The Morgan fingerprint density at radius 2 is 1.12 bits per heavy atom. The van der Waals surface area contributed by atoms with E-state index in [-0.39, 0.29) is 0 Å². The summed E-state index contributed by atoms with van der Waals surface area (Å²) in [4.78, 5) is 6.51. The van der Waals surface area contributed by atoms with Gasteiger partial charge in [-0.25, -0.2) is 0 Å². The molecular weight excluding hydrogens is 316 g/mol. The molecule has 0 aliphatic rings.